The Morgan fingerprint density at radius 2 is 1.73 bits per heavy atom. The zero-order chi connectivity index (χ0) is 15.3. The maximum atomic E-state index is 4.27. The fourth-order valence-corrected chi connectivity index (χ4v) is 2.64. The van der Waals surface area contributed by atoms with E-state index in [1.54, 1.807) is 0 Å². The van der Waals surface area contributed by atoms with Crippen LogP contribution in [0.5, 0.6) is 0 Å². The first-order valence-corrected chi connectivity index (χ1v) is 8.61. The second-order valence-corrected chi connectivity index (χ2v) is 5.98. The van der Waals surface area contributed by atoms with Crippen LogP contribution >= 0.6 is 24.0 Å². The van der Waals surface area contributed by atoms with Gasteiger partial charge in [0.1, 0.15) is 0 Å². The van der Waals surface area contributed by atoms with E-state index in [1.807, 2.05) is 7.05 Å². The Balaban J connectivity index is 0.00000441. The number of guanidine groups is 1. The number of nitrogens with zero attached hydrogens (tertiary/aromatic N) is 3. The van der Waals surface area contributed by atoms with Crippen molar-refractivity contribution in [2.45, 2.75) is 39.0 Å². The van der Waals surface area contributed by atoms with Gasteiger partial charge in [-0.15, -0.1) is 24.0 Å². The van der Waals surface area contributed by atoms with Gasteiger partial charge >= 0.3 is 0 Å². The van der Waals surface area contributed by atoms with Crippen LogP contribution in [-0.2, 0) is 0 Å². The molecule has 1 saturated heterocycles. The lowest BCUT2D eigenvalue weighted by Crippen LogP contribution is -2.39. The maximum absolute atomic E-state index is 4.27. The molecule has 2 N–H and O–H groups in total. The lowest BCUT2D eigenvalue weighted by Gasteiger charge is -2.20. The lowest BCUT2D eigenvalue weighted by atomic mass is 10.2. The molecule has 0 aromatic carbocycles. The van der Waals surface area contributed by atoms with Crippen molar-refractivity contribution in [3.8, 4) is 0 Å². The van der Waals surface area contributed by atoms with E-state index in [0.29, 0.717) is 0 Å². The van der Waals surface area contributed by atoms with Gasteiger partial charge in [0.15, 0.2) is 5.96 Å². The van der Waals surface area contributed by atoms with Crippen LogP contribution in [-0.4, -0.2) is 75.7 Å². The molecule has 132 valence electrons. The summed E-state index contributed by atoms with van der Waals surface area (Å²) in [4.78, 5) is 9.29. The third-order valence-corrected chi connectivity index (χ3v) is 4.05. The summed E-state index contributed by atoms with van der Waals surface area (Å²) in [5.74, 6) is 0.946. The molecule has 22 heavy (non-hydrogen) atoms. The summed E-state index contributed by atoms with van der Waals surface area (Å²) in [6.07, 6.45) is 6.24. The van der Waals surface area contributed by atoms with E-state index in [-0.39, 0.29) is 24.0 Å². The van der Waals surface area contributed by atoms with E-state index in [4.69, 9.17) is 0 Å². The van der Waals surface area contributed by atoms with Crippen molar-refractivity contribution in [3.63, 3.8) is 0 Å². The SMILES string of the molecule is CCCCCNC(=NC)NCCCN1CCCN(C)CC1.I. The van der Waals surface area contributed by atoms with Crippen LogP contribution in [0.4, 0.5) is 0 Å². The molecular weight excluding hydrogens is 389 g/mol. The summed E-state index contributed by atoms with van der Waals surface area (Å²) in [5.41, 5.74) is 0. The second kappa shape index (κ2) is 14.5. The summed E-state index contributed by atoms with van der Waals surface area (Å²) in [6.45, 7) is 10.3. The van der Waals surface area contributed by atoms with Crippen LogP contribution in [0.25, 0.3) is 0 Å². The summed E-state index contributed by atoms with van der Waals surface area (Å²) >= 11 is 0. The van der Waals surface area contributed by atoms with E-state index in [1.165, 1.54) is 64.8 Å². The molecule has 0 amide bonds. The van der Waals surface area contributed by atoms with Crippen LogP contribution in [0.2, 0.25) is 0 Å². The molecule has 5 nitrogen and oxygen atoms in total. The normalized spacial score (nSPS) is 17.7. The van der Waals surface area contributed by atoms with E-state index in [0.717, 1.165) is 19.0 Å². The van der Waals surface area contributed by atoms with Crippen molar-refractivity contribution in [3.05, 3.63) is 0 Å². The minimum absolute atomic E-state index is 0. The van der Waals surface area contributed by atoms with Crippen LogP contribution in [0, 0.1) is 0 Å². The molecule has 1 aliphatic rings. The molecule has 0 atom stereocenters. The van der Waals surface area contributed by atoms with Crippen molar-refractivity contribution < 1.29 is 0 Å². The molecule has 0 saturated carbocycles. The molecule has 1 aliphatic heterocycles. The van der Waals surface area contributed by atoms with Gasteiger partial charge in [0.25, 0.3) is 0 Å². The van der Waals surface area contributed by atoms with Gasteiger partial charge in [0.2, 0.25) is 0 Å². The number of likely N-dealkylation sites (N-methyl/N-ethyl adjacent to an activating group) is 1. The van der Waals surface area contributed by atoms with Crippen LogP contribution in [0.1, 0.15) is 39.0 Å². The molecule has 0 spiro atoms. The number of aliphatic imine (C=N–C) groups is 1. The maximum Gasteiger partial charge on any atom is 0.190 e. The molecule has 0 aromatic rings. The topological polar surface area (TPSA) is 42.9 Å². The van der Waals surface area contributed by atoms with E-state index >= 15 is 0 Å². The Kier molecular flexibility index (Phi) is 14.5. The van der Waals surface area contributed by atoms with Gasteiger partial charge in [-0.25, -0.2) is 0 Å². The predicted octanol–water partition coefficient (Wildman–Crippen LogP) is 1.99. The molecule has 1 fully saturated rings. The largest absolute Gasteiger partial charge is 0.356 e. The second-order valence-electron chi connectivity index (χ2n) is 5.98. The third kappa shape index (κ3) is 10.6. The van der Waals surface area contributed by atoms with Gasteiger partial charge in [0.05, 0.1) is 0 Å². The molecule has 0 aromatic heterocycles. The standard InChI is InChI=1S/C16H35N5.HI/c1-4-5-6-9-18-16(17-2)19-10-7-12-21-13-8-11-20(3)14-15-21;/h4-15H2,1-3H3,(H2,17,18,19);1H. The minimum Gasteiger partial charge on any atom is -0.356 e. The Morgan fingerprint density at radius 1 is 1.00 bits per heavy atom. The highest BCUT2D eigenvalue weighted by atomic mass is 127. The summed E-state index contributed by atoms with van der Waals surface area (Å²) in [6, 6.07) is 0. The highest BCUT2D eigenvalue weighted by molar-refractivity contribution is 14.0. The fraction of sp³-hybridized carbons (Fsp3) is 0.938. The number of halogens is 1. The third-order valence-electron chi connectivity index (χ3n) is 4.05. The summed E-state index contributed by atoms with van der Waals surface area (Å²) in [7, 11) is 4.07. The van der Waals surface area contributed by atoms with Gasteiger partial charge in [-0.2, -0.15) is 0 Å². The van der Waals surface area contributed by atoms with Crippen molar-refractivity contribution in [1.82, 2.24) is 20.4 Å². The first-order chi connectivity index (χ1) is 10.3. The van der Waals surface area contributed by atoms with Crippen LogP contribution < -0.4 is 10.6 Å². The number of unbranched alkanes of at least 4 members (excludes halogenated alkanes) is 2. The summed E-state index contributed by atoms with van der Waals surface area (Å²) < 4.78 is 0. The van der Waals surface area contributed by atoms with Crippen molar-refractivity contribution >= 4 is 29.9 Å². The zero-order valence-corrected chi connectivity index (χ0v) is 17.1. The molecule has 1 rings (SSSR count). The molecule has 0 bridgehead atoms. The Labute approximate surface area is 154 Å². The number of rotatable bonds is 8. The first kappa shape index (κ1) is 21.9. The van der Waals surface area contributed by atoms with Gasteiger partial charge < -0.3 is 20.4 Å². The average Bonchev–Trinajstić information content (AvgIpc) is 2.70. The zero-order valence-electron chi connectivity index (χ0n) is 14.7. The highest BCUT2D eigenvalue weighted by Crippen LogP contribution is 2.01. The van der Waals surface area contributed by atoms with E-state index in [9.17, 15) is 0 Å². The Morgan fingerprint density at radius 3 is 2.41 bits per heavy atom. The first-order valence-electron chi connectivity index (χ1n) is 8.61. The minimum atomic E-state index is 0. The molecule has 6 heteroatoms. The number of hydrogen-bond donors (Lipinski definition) is 2. The van der Waals surface area contributed by atoms with E-state index < -0.39 is 0 Å². The Bertz CT molecular complexity index is 286. The highest BCUT2D eigenvalue weighted by Gasteiger charge is 2.11. The molecule has 1 heterocycles. The predicted molar refractivity (Wildman–Crippen MR) is 107 cm³/mol. The molecule has 0 radical (unpaired) electrons. The molecule has 0 unspecified atom stereocenters. The van der Waals surface area contributed by atoms with Gasteiger partial charge in [-0.05, 0) is 45.9 Å². The van der Waals surface area contributed by atoms with Gasteiger partial charge in [-0.1, -0.05) is 19.8 Å². The molecular formula is C16H36IN5. The van der Waals surface area contributed by atoms with Crippen LogP contribution in [0.15, 0.2) is 4.99 Å². The smallest absolute Gasteiger partial charge is 0.190 e. The van der Waals surface area contributed by atoms with Crippen molar-refractivity contribution in [2.75, 3.05) is 59.9 Å². The molecule has 0 aliphatic carbocycles. The average molecular weight is 425 g/mol. The number of hydrogen-bond acceptors (Lipinski definition) is 3. The summed E-state index contributed by atoms with van der Waals surface area (Å²) in [5, 5.41) is 6.79. The fourth-order valence-electron chi connectivity index (χ4n) is 2.64. The van der Waals surface area contributed by atoms with E-state index in [2.05, 4.69) is 39.4 Å². The lowest BCUT2D eigenvalue weighted by molar-refractivity contribution is 0.274. The van der Waals surface area contributed by atoms with Crippen LogP contribution in [0.3, 0.4) is 0 Å². The Hall–Kier alpha value is -0.0800. The number of nitrogens with one attached hydrogen (secondary N) is 2. The van der Waals surface area contributed by atoms with Crippen molar-refractivity contribution in [2.24, 2.45) is 4.99 Å². The van der Waals surface area contributed by atoms with Crippen molar-refractivity contribution in [1.29, 1.82) is 0 Å². The monoisotopic (exact) mass is 425 g/mol. The quantitative estimate of drug-likeness (QED) is 0.270. The van der Waals surface area contributed by atoms with Gasteiger partial charge in [0, 0.05) is 33.2 Å². The van der Waals surface area contributed by atoms with Gasteiger partial charge in [-0.3, -0.25) is 4.99 Å².